The second-order valence-electron chi connectivity index (χ2n) is 5.48. The van der Waals surface area contributed by atoms with Crippen LogP contribution in [-0.2, 0) is 28.5 Å². The van der Waals surface area contributed by atoms with Crippen LogP contribution >= 0.6 is 0 Å². The van der Waals surface area contributed by atoms with E-state index >= 15 is 0 Å². The van der Waals surface area contributed by atoms with E-state index in [9.17, 15) is 9.59 Å². The van der Waals surface area contributed by atoms with Gasteiger partial charge >= 0.3 is 11.9 Å². The van der Waals surface area contributed by atoms with Crippen LogP contribution in [0.25, 0.3) is 0 Å². The fourth-order valence-corrected chi connectivity index (χ4v) is 2.88. The van der Waals surface area contributed by atoms with Crippen LogP contribution in [0.5, 0.6) is 0 Å². The van der Waals surface area contributed by atoms with Crippen LogP contribution in [0.1, 0.15) is 25.2 Å². The summed E-state index contributed by atoms with van der Waals surface area (Å²) in [5.74, 6) is -0.876. The smallest absolute Gasteiger partial charge is 0.333 e. The molecular formula is C17H18O6. The number of carbonyl (C=O) groups is 2. The Labute approximate surface area is 134 Å². The molecule has 4 atom stereocenters. The van der Waals surface area contributed by atoms with Crippen LogP contribution in [0.2, 0.25) is 0 Å². The molecule has 0 saturated carbocycles. The summed E-state index contributed by atoms with van der Waals surface area (Å²) in [5, 5.41) is 0. The highest BCUT2D eigenvalue weighted by molar-refractivity contribution is 5.89. The van der Waals surface area contributed by atoms with E-state index in [0.29, 0.717) is 5.57 Å². The minimum Gasteiger partial charge on any atom is -0.466 e. The van der Waals surface area contributed by atoms with E-state index < -0.39 is 36.5 Å². The predicted octanol–water partition coefficient (Wildman–Crippen LogP) is 1.90. The van der Waals surface area contributed by atoms with Crippen molar-refractivity contribution in [2.24, 2.45) is 0 Å². The maximum atomic E-state index is 11.8. The van der Waals surface area contributed by atoms with Crippen molar-refractivity contribution in [2.45, 2.75) is 37.9 Å². The van der Waals surface area contributed by atoms with E-state index in [1.165, 1.54) is 14.0 Å². The van der Waals surface area contributed by atoms with Crippen LogP contribution in [0.15, 0.2) is 42.0 Å². The average molecular weight is 318 g/mol. The Morgan fingerprint density at radius 3 is 2.57 bits per heavy atom. The van der Waals surface area contributed by atoms with Crippen molar-refractivity contribution in [3.8, 4) is 0 Å². The Morgan fingerprint density at radius 1 is 1.17 bits per heavy atom. The molecule has 122 valence electrons. The van der Waals surface area contributed by atoms with E-state index in [4.69, 9.17) is 18.9 Å². The monoisotopic (exact) mass is 318 g/mol. The van der Waals surface area contributed by atoms with Crippen LogP contribution in [0.3, 0.4) is 0 Å². The molecule has 1 aliphatic carbocycles. The molecule has 1 saturated heterocycles. The van der Waals surface area contributed by atoms with Crippen LogP contribution in [-0.4, -0.2) is 37.4 Å². The molecule has 1 heterocycles. The molecule has 6 nitrogen and oxygen atoms in total. The van der Waals surface area contributed by atoms with Gasteiger partial charge in [0.1, 0.15) is 18.3 Å². The minimum absolute atomic E-state index is 0.248. The van der Waals surface area contributed by atoms with Gasteiger partial charge in [0.15, 0.2) is 6.29 Å². The van der Waals surface area contributed by atoms with Gasteiger partial charge < -0.3 is 18.9 Å². The summed E-state index contributed by atoms with van der Waals surface area (Å²) < 4.78 is 21.9. The van der Waals surface area contributed by atoms with E-state index in [1.54, 1.807) is 6.08 Å². The molecule has 1 aliphatic heterocycles. The number of hydrogen-bond acceptors (Lipinski definition) is 6. The Balaban J connectivity index is 1.85. The van der Waals surface area contributed by atoms with Crippen molar-refractivity contribution in [1.82, 2.24) is 0 Å². The van der Waals surface area contributed by atoms with E-state index in [0.717, 1.165) is 5.56 Å². The van der Waals surface area contributed by atoms with Crippen LogP contribution in [0, 0.1) is 0 Å². The summed E-state index contributed by atoms with van der Waals surface area (Å²) in [6.45, 7) is 1.33. The topological polar surface area (TPSA) is 71.1 Å². The Hall–Kier alpha value is -2.18. The van der Waals surface area contributed by atoms with Crippen molar-refractivity contribution in [2.75, 3.05) is 7.11 Å². The lowest BCUT2D eigenvalue weighted by molar-refractivity contribution is -0.156. The third-order valence-corrected chi connectivity index (χ3v) is 3.87. The fraction of sp³-hybridized carbons (Fsp3) is 0.412. The highest BCUT2D eigenvalue weighted by Crippen LogP contribution is 2.39. The number of fused-ring (bicyclic) bond motifs is 1. The molecule has 1 fully saturated rings. The van der Waals surface area contributed by atoms with Gasteiger partial charge in [-0.25, -0.2) is 4.79 Å². The molecule has 6 heteroatoms. The Kier molecular flexibility index (Phi) is 4.45. The van der Waals surface area contributed by atoms with Gasteiger partial charge in [0, 0.05) is 24.5 Å². The zero-order valence-electron chi connectivity index (χ0n) is 12.9. The van der Waals surface area contributed by atoms with Gasteiger partial charge in [-0.2, -0.15) is 0 Å². The van der Waals surface area contributed by atoms with Gasteiger partial charge in [-0.3, -0.25) is 4.79 Å². The molecule has 3 rings (SSSR count). The lowest BCUT2D eigenvalue weighted by Gasteiger charge is -2.29. The summed E-state index contributed by atoms with van der Waals surface area (Å²) in [5.41, 5.74) is 1.30. The molecule has 23 heavy (non-hydrogen) atoms. The number of esters is 2. The van der Waals surface area contributed by atoms with E-state index in [-0.39, 0.29) is 6.42 Å². The maximum absolute atomic E-state index is 11.8. The number of ether oxygens (including phenoxy) is 4. The van der Waals surface area contributed by atoms with E-state index in [2.05, 4.69) is 0 Å². The highest BCUT2D eigenvalue weighted by Gasteiger charge is 2.46. The zero-order valence-corrected chi connectivity index (χ0v) is 12.9. The van der Waals surface area contributed by atoms with Gasteiger partial charge in [0.25, 0.3) is 0 Å². The molecule has 0 radical (unpaired) electrons. The van der Waals surface area contributed by atoms with Gasteiger partial charge in [-0.15, -0.1) is 0 Å². The summed E-state index contributed by atoms with van der Waals surface area (Å²) in [6, 6.07) is 9.48. The van der Waals surface area contributed by atoms with Gasteiger partial charge in [0.05, 0.1) is 7.11 Å². The van der Waals surface area contributed by atoms with Crippen molar-refractivity contribution in [3.05, 3.63) is 47.5 Å². The van der Waals surface area contributed by atoms with Crippen molar-refractivity contribution >= 4 is 11.9 Å². The summed E-state index contributed by atoms with van der Waals surface area (Å²) >= 11 is 0. The predicted molar refractivity (Wildman–Crippen MR) is 79.2 cm³/mol. The first kappa shape index (κ1) is 15.7. The molecule has 0 N–H and O–H groups in total. The van der Waals surface area contributed by atoms with Crippen LogP contribution < -0.4 is 0 Å². The quantitative estimate of drug-likeness (QED) is 0.793. The molecule has 2 aliphatic rings. The normalized spacial score (nSPS) is 29.4. The molecule has 1 aromatic carbocycles. The molecule has 0 unspecified atom stereocenters. The van der Waals surface area contributed by atoms with Crippen molar-refractivity contribution in [3.63, 3.8) is 0 Å². The Bertz CT molecular complexity index is 623. The molecular weight excluding hydrogens is 300 g/mol. The largest absolute Gasteiger partial charge is 0.466 e. The number of methoxy groups -OCH3 is 1. The number of carbonyl (C=O) groups excluding carboxylic acids is 2. The number of rotatable bonds is 3. The summed E-state index contributed by atoms with van der Waals surface area (Å²) in [7, 11) is 1.31. The SMILES string of the molecule is COC(=O)C1=C[C@H]2O[C@H](c3ccccc3)O[C@H]2[C@H](OC(C)=O)C1. The van der Waals surface area contributed by atoms with Gasteiger partial charge in [0.2, 0.25) is 0 Å². The van der Waals surface area contributed by atoms with E-state index in [1.807, 2.05) is 30.3 Å². The van der Waals surface area contributed by atoms with Crippen LogP contribution in [0.4, 0.5) is 0 Å². The summed E-state index contributed by atoms with van der Waals surface area (Å²) in [4.78, 5) is 23.2. The van der Waals surface area contributed by atoms with Crippen molar-refractivity contribution < 1.29 is 28.5 Å². The standard InChI is InChI=1S/C17H18O6/c1-10(18)21-13-8-12(16(19)20-2)9-14-15(13)23-17(22-14)11-6-4-3-5-7-11/h3-7,9,13-15,17H,8H2,1-2H3/t13-,14-,15+,17+/m1/s1. The molecule has 0 amide bonds. The first-order chi connectivity index (χ1) is 11.1. The highest BCUT2D eigenvalue weighted by atomic mass is 16.7. The maximum Gasteiger partial charge on any atom is 0.333 e. The Morgan fingerprint density at radius 2 is 1.91 bits per heavy atom. The third-order valence-electron chi connectivity index (χ3n) is 3.87. The fourth-order valence-electron chi connectivity index (χ4n) is 2.88. The number of benzene rings is 1. The lowest BCUT2D eigenvalue weighted by atomic mass is 9.92. The molecule has 0 aromatic heterocycles. The second kappa shape index (κ2) is 6.52. The lowest BCUT2D eigenvalue weighted by Crippen LogP contribution is -2.41. The second-order valence-corrected chi connectivity index (χ2v) is 5.48. The molecule has 0 bridgehead atoms. The summed E-state index contributed by atoms with van der Waals surface area (Å²) in [6.07, 6.45) is -0.106. The first-order valence-corrected chi connectivity index (χ1v) is 7.40. The average Bonchev–Trinajstić information content (AvgIpc) is 2.99. The molecule has 1 aromatic rings. The third kappa shape index (κ3) is 3.28. The molecule has 0 spiro atoms. The first-order valence-electron chi connectivity index (χ1n) is 7.40. The number of hydrogen-bond donors (Lipinski definition) is 0. The van der Waals surface area contributed by atoms with Gasteiger partial charge in [-0.05, 0) is 6.08 Å². The van der Waals surface area contributed by atoms with Gasteiger partial charge in [-0.1, -0.05) is 30.3 Å². The zero-order chi connectivity index (χ0) is 16.4. The minimum atomic E-state index is -0.578. The van der Waals surface area contributed by atoms with Crippen molar-refractivity contribution in [1.29, 1.82) is 0 Å².